The molecule has 16 heavy (non-hydrogen) atoms. The number of hydrogen-bond donors (Lipinski definition) is 1. The van der Waals surface area contributed by atoms with E-state index in [1.54, 1.807) is 29.2 Å². The van der Waals surface area contributed by atoms with E-state index in [-0.39, 0.29) is 0 Å². The van der Waals surface area contributed by atoms with E-state index in [1.165, 1.54) is 0 Å². The molecule has 0 bridgehead atoms. The van der Waals surface area contributed by atoms with Crippen LogP contribution < -0.4 is 5.32 Å². The van der Waals surface area contributed by atoms with Crippen LogP contribution in [0.4, 0.5) is 5.69 Å². The maximum absolute atomic E-state index is 6.03. The van der Waals surface area contributed by atoms with Gasteiger partial charge in [-0.3, -0.25) is 0 Å². The lowest BCUT2D eigenvalue weighted by Gasteiger charge is -2.05. The topological polar surface area (TPSA) is 42.7 Å². The quantitative estimate of drug-likeness (QED) is 0.891. The van der Waals surface area contributed by atoms with Gasteiger partial charge in [0.25, 0.3) is 0 Å². The molecule has 84 valence electrons. The van der Waals surface area contributed by atoms with E-state index in [0.29, 0.717) is 16.9 Å². The molecule has 0 amide bonds. The highest BCUT2D eigenvalue weighted by Gasteiger charge is 2.06. The number of hydrogen-bond acceptors (Lipinski definition) is 3. The van der Waals surface area contributed by atoms with E-state index in [2.05, 4.69) is 29.2 Å². The monoisotopic (exact) mass is 236 g/mol. The number of aromatic nitrogens is 3. The molecule has 4 nitrogen and oxygen atoms in total. The summed E-state index contributed by atoms with van der Waals surface area (Å²) >= 11 is 6.03. The van der Waals surface area contributed by atoms with E-state index in [9.17, 15) is 0 Å². The second kappa shape index (κ2) is 4.53. The van der Waals surface area contributed by atoms with E-state index in [1.807, 2.05) is 6.20 Å². The molecule has 2 aromatic rings. The van der Waals surface area contributed by atoms with Crippen molar-refractivity contribution < 1.29 is 0 Å². The normalized spacial score (nSPS) is 10.8. The Balaban J connectivity index is 2.28. The summed E-state index contributed by atoms with van der Waals surface area (Å²) in [4.78, 5) is 4.18. The molecule has 0 saturated carbocycles. The van der Waals surface area contributed by atoms with Crippen molar-refractivity contribution in [1.29, 1.82) is 0 Å². The van der Waals surface area contributed by atoms with Crippen molar-refractivity contribution in [2.24, 2.45) is 0 Å². The number of nitrogens with one attached hydrogen (secondary N) is 1. The van der Waals surface area contributed by atoms with Crippen LogP contribution in [0.3, 0.4) is 0 Å². The number of pyridine rings is 1. The average Bonchev–Trinajstić information content (AvgIpc) is 2.66. The third kappa shape index (κ3) is 2.33. The predicted octanol–water partition coefficient (Wildman–Crippen LogP) is 2.74. The van der Waals surface area contributed by atoms with Crippen molar-refractivity contribution in [3.05, 3.63) is 35.7 Å². The SMILES string of the molecule is CC(C)Nc1cnn(-c2ncccc2Cl)c1. The summed E-state index contributed by atoms with van der Waals surface area (Å²) < 4.78 is 1.66. The van der Waals surface area contributed by atoms with Crippen molar-refractivity contribution in [2.45, 2.75) is 19.9 Å². The second-order valence-corrected chi connectivity index (χ2v) is 4.19. The lowest BCUT2D eigenvalue weighted by molar-refractivity contribution is 0.846. The number of halogens is 1. The molecule has 0 aliphatic heterocycles. The summed E-state index contributed by atoms with van der Waals surface area (Å²) in [6.45, 7) is 4.15. The molecule has 5 heteroatoms. The minimum atomic E-state index is 0.372. The fraction of sp³-hybridized carbons (Fsp3) is 0.273. The average molecular weight is 237 g/mol. The van der Waals surface area contributed by atoms with Crippen LogP contribution in [-0.4, -0.2) is 20.8 Å². The Morgan fingerprint density at radius 2 is 2.25 bits per heavy atom. The van der Waals surface area contributed by atoms with Gasteiger partial charge in [0, 0.05) is 12.2 Å². The molecule has 0 radical (unpaired) electrons. The molecule has 2 rings (SSSR count). The number of rotatable bonds is 3. The van der Waals surface area contributed by atoms with Gasteiger partial charge >= 0.3 is 0 Å². The fourth-order valence-electron chi connectivity index (χ4n) is 1.39. The summed E-state index contributed by atoms with van der Waals surface area (Å²) in [6, 6.07) is 3.96. The van der Waals surface area contributed by atoms with Crippen LogP contribution in [0.25, 0.3) is 5.82 Å². The molecule has 0 atom stereocenters. The highest BCUT2D eigenvalue weighted by atomic mass is 35.5. The summed E-state index contributed by atoms with van der Waals surface area (Å²) in [5, 5.41) is 8.05. The maximum atomic E-state index is 6.03. The molecule has 0 unspecified atom stereocenters. The van der Waals surface area contributed by atoms with Crippen molar-refractivity contribution in [2.75, 3.05) is 5.32 Å². The fourth-order valence-corrected chi connectivity index (χ4v) is 1.60. The van der Waals surface area contributed by atoms with Crippen LogP contribution >= 0.6 is 11.6 Å². The highest BCUT2D eigenvalue weighted by Crippen LogP contribution is 2.18. The predicted molar refractivity (Wildman–Crippen MR) is 65.1 cm³/mol. The van der Waals surface area contributed by atoms with Gasteiger partial charge in [-0.25, -0.2) is 9.67 Å². The Bertz CT molecular complexity index is 478. The minimum absolute atomic E-state index is 0.372. The first kappa shape index (κ1) is 11.0. The van der Waals surface area contributed by atoms with Gasteiger partial charge in [-0.15, -0.1) is 0 Å². The van der Waals surface area contributed by atoms with Crippen molar-refractivity contribution in [3.63, 3.8) is 0 Å². The van der Waals surface area contributed by atoms with E-state index in [4.69, 9.17) is 11.6 Å². The Morgan fingerprint density at radius 1 is 1.44 bits per heavy atom. The third-order valence-electron chi connectivity index (χ3n) is 1.99. The zero-order chi connectivity index (χ0) is 11.5. The molecular weight excluding hydrogens is 224 g/mol. The standard InChI is InChI=1S/C11H13ClN4/c1-8(2)15-9-6-14-16(7-9)11-10(12)4-3-5-13-11/h3-8,15H,1-2H3. The molecule has 2 aromatic heterocycles. The first-order valence-electron chi connectivity index (χ1n) is 5.09. The first-order valence-corrected chi connectivity index (χ1v) is 5.46. The Kier molecular flexibility index (Phi) is 3.10. The van der Waals surface area contributed by atoms with Gasteiger partial charge in [-0.2, -0.15) is 5.10 Å². The molecular formula is C11H13ClN4. The first-order chi connectivity index (χ1) is 7.66. The van der Waals surface area contributed by atoms with Crippen molar-refractivity contribution in [1.82, 2.24) is 14.8 Å². The van der Waals surface area contributed by atoms with Gasteiger partial charge < -0.3 is 5.32 Å². The van der Waals surface area contributed by atoms with E-state index < -0.39 is 0 Å². The maximum Gasteiger partial charge on any atom is 0.172 e. The Labute approximate surface area is 99.3 Å². The largest absolute Gasteiger partial charge is 0.380 e. The van der Waals surface area contributed by atoms with Gasteiger partial charge in [-0.1, -0.05) is 11.6 Å². The molecule has 2 heterocycles. The van der Waals surface area contributed by atoms with Crippen LogP contribution in [0.2, 0.25) is 5.02 Å². The summed E-state index contributed by atoms with van der Waals surface area (Å²) in [5.74, 6) is 0.640. The zero-order valence-electron chi connectivity index (χ0n) is 9.18. The lowest BCUT2D eigenvalue weighted by atomic mass is 10.4. The van der Waals surface area contributed by atoms with Gasteiger partial charge in [0.2, 0.25) is 0 Å². The highest BCUT2D eigenvalue weighted by molar-refractivity contribution is 6.32. The molecule has 0 aromatic carbocycles. The van der Waals surface area contributed by atoms with Crippen LogP contribution in [-0.2, 0) is 0 Å². The second-order valence-electron chi connectivity index (χ2n) is 3.78. The van der Waals surface area contributed by atoms with Crippen molar-refractivity contribution in [3.8, 4) is 5.82 Å². The molecule has 0 saturated heterocycles. The molecule has 0 aliphatic rings. The summed E-state index contributed by atoms with van der Waals surface area (Å²) in [6.07, 6.45) is 5.32. The summed E-state index contributed by atoms with van der Waals surface area (Å²) in [7, 11) is 0. The van der Waals surface area contributed by atoms with E-state index in [0.717, 1.165) is 5.69 Å². The van der Waals surface area contributed by atoms with Crippen molar-refractivity contribution >= 4 is 17.3 Å². The number of nitrogens with zero attached hydrogens (tertiary/aromatic N) is 3. The number of anilines is 1. The lowest BCUT2D eigenvalue weighted by Crippen LogP contribution is -2.08. The van der Waals surface area contributed by atoms with Crippen LogP contribution in [0.5, 0.6) is 0 Å². The van der Waals surface area contributed by atoms with Gasteiger partial charge in [0.05, 0.1) is 23.1 Å². The van der Waals surface area contributed by atoms with Crippen LogP contribution in [0.1, 0.15) is 13.8 Å². The Morgan fingerprint density at radius 3 is 2.94 bits per heavy atom. The Hall–Kier alpha value is -1.55. The van der Waals surface area contributed by atoms with E-state index >= 15 is 0 Å². The smallest absolute Gasteiger partial charge is 0.172 e. The van der Waals surface area contributed by atoms with Crippen LogP contribution in [0, 0.1) is 0 Å². The molecule has 0 fully saturated rings. The van der Waals surface area contributed by atoms with Gasteiger partial charge in [-0.05, 0) is 26.0 Å². The molecule has 0 aliphatic carbocycles. The summed E-state index contributed by atoms with van der Waals surface area (Å²) in [5.41, 5.74) is 0.955. The third-order valence-corrected chi connectivity index (χ3v) is 2.29. The van der Waals surface area contributed by atoms with Crippen LogP contribution in [0.15, 0.2) is 30.7 Å². The molecule has 0 spiro atoms. The molecule has 1 N–H and O–H groups in total. The van der Waals surface area contributed by atoms with Gasteiger partial charge in [0.1, 0.15) is 0 Å². The minimum Gasteiger partial charge on any atom is -0.380 e. The zero-order valence-corrected chi connectivity index (χ0v) is 9.94. The van der Waals surface area contributed by atoms with Gasteiger partial charge in [0.15, 0.2) is 5.82 Å².